The van der Waals surface area contributed by atoms with Crippen LogP contribution in [-0.2, 0) is 4.74 Å². The molecule has 2 rings (SSSR count). The minimum atomic E-state index is -4.72. The molecule has 0 aliphatic carbocycles. The number of hydrogen-bond donors (Lipinski definition) is 0. The number of furan rings is 1. The zero-order valence-electron chi connectivity index (χ0n) is 9.60. The quantitative estimate of drug-likeness (QED) is 0.812. The summed E-state index contributed by atoms with van der Waals surface area (Å²) in [5.41, 5.74) is 0.358. The summed E-state index contributed by atoms with van der Waals surface area (Å²) >= 11 is 0.792. The van der Waals surface area contributed by atoms with E-state index in [1.54, 1.807) is 6.92 Å². The van der Waals surface area contributed by atoms with Gasteiger partial charge in [-0.05, 0) is 13.0 Å². The van der Waals surface area contributed by atoms with Gasteiger partial charge in [-0.2, -0.15) is 13.2 Å². The molecule has 0 aliphatic heterocycles. The van der Waals surface area contributed by atoms with E-state index in [0.29, 0.717) is 5.69 Å². The molecule has 8 heteroatoms. The molecule has 0 saturated carbocycles. The molecule has 2 aromatic heterocycles. The average Bonchev–Trinajstić information content (AvgIpc) is 2.94. The molecule has 0 aromatic carbocycles. The molecule has 1 atom stereocenters. The molecule has 4 nitrogen and oxygen atoms in total. The highest BCUT2D eigenvalue weighted by molar-refractivity contribution is 7.09. The Hall–Kier alpha value is -1.83. The van der Waals surface area contributed by atoms with Crippen molar-refractivity contribution in [3.8, 4) is 0 Å². The number of aromatic nitrogens is 1. The number of carbonyl (C=O) groups excluding carboxylic acids is 1. The lowest BCUT2D eigenvalue weighted by Gasteiger charge is -2.18. The van der Waals surface area contributed by atoms with E-state index < -0.39 is 18.2 Å². The van der Waals surface area contributed by atoms with E-state index in [0.717, 1.165) is 17.6 Å². The van der Waals surface area contributed by atoms with Crippen molar-refractivity contribution in [2.24, 2.45) is 0 Å². The fourth-order valence-electron chi connectivity index (χ4n) is 1.31. The first-order valence-corrected chi connectivity index (χ1v) is 5.98. The van der Waals surface area contributed by atoms with E-state index in [4.69, 9.17) is 0 Å². The molecule has 0 amide bonds. The molecular weight excluding hydrogens is 283 g/mol. The number of esters is 1. The second-order valence-corrected chi connectivity index (χ2v) is 4.56. The summed E-state index contributed by atoms with van der Waals surface area (Å²) in [7, 11) is 0. The van der Waals surface area contributed by atoms with Gasteiger partial charge < -0.3 is 9.15 Å². The maximum absolute atomic E-state index is 12.9. The van der Waals surface area contributed by atoms with Crippen molar-refractivity contribution in [2.75, 3.05) is 0 Å². The van der Waals surface area contributed by atoms with Gasteiger partial charge in [0.05, 0.1) is 11.8 Å². The van der Waals surface area contributed by atoms with Crippen molar-refractivity contribution in [2.45, 2.75) is 19.2 Å². The van der Waals surface area contributed by atoms with Gasteiger partial charge in [0, 0.05) is 11.1 Å². The summed E-state index contributed by atoms with van der Waals surface area (Å²) in [5.74, 6) is -1.11. The Balaban J connectivity index is 2.23. The predicted octanol–water partition coefficient (Wildman–Crippen LogP) is 3.50. The van der Waals surface area contributed by atoms with Crippen molar-refractivity contribution >= 4 is 17.3 Å². The molecule has 0 fully saturated rings. The topological polar surface area (TPSA) is 52.3 Å². The second kappa shape index (κ2) is 5.04. The Labute approximate surface area is 109 Å². The van der Waals surface area contributed by atoms with Crippen LogP contribution in [0.25, 0.3) is 0 Å². The van der Waals surface area contributed by atoms with Crippen LogP contribution in [0.3, 0.4) is 0 Å². The van der Waals surface area contributed by atoms with Crippen LogP contribution in [0.4, 0.5) is 13.2 Å². The Bertz CT molecular complexity index is 562. The van der Waals surface area contributed by atoms with Crippen molar-refractivity contribution in [3.05, 3.63) is 40.2 Å². The second-order valence-electron chi connectivity index (χ2n) is 3.67. The van der Waals surface area contributed by atoms with Crippen LogP contribution < -0.4 is 0 Å². The van der Waals surface area contributed by atoms with Gasteiger partial charge in [0.15, 0.2) is 0 Å². The Morgan fingerprint density at radius 1 is 1.53 bits per heavy atom. The highest BCUT2D eigenvalue weighted by Gasteiger charge is 2.46. The molecule has 0 aliphatic rings. The fraction of sp³-hybridized carbons (Fsp3) is 0.273. The predicted molar refractivity (Wildman–Crippen MR) is 59.8 cm³/mol. The first kappa shape index (κ1) is 13.6. The third kappa shape index (κ3) is 3.14. The highest BCUT2D eigenvalue weighted by atomic mass is 32.1. The number of rotatable bonds is 3. The minimum absolute atomic E-state index is 0.0810. The van der Waals surface area contributed by atoms with Crippen LogP contribution in [0.15, 0.2) is 28.4 Å². The zero-order chi connectivity index (χ0) is 14.0. The van der Waals surface area contributed by atoms with Gasteiger partial charge in [-0.25, -0.2) is 9.78 Å². The number of carbonyl (C=O) groups is 1. The first-order chi connectivity index (χ1) is 8.88. The summed E-state index contributed by atoms with van der Waals surface area (Å²) in [4.78, 5) is 15.2. The minimum Gasteiger partial charge on any atom is -0.472 e. The van der Waals surface area contributed by atoms with Gasteiger partial charge in [0.2, 0.25) is 6.10 Å². The molecule has 0 N–H and O–H groups in total. The van der Waals surface area contributed by atoms with Crippen LogP contribution in [0.5, 0.6) is 0 Å². The van der Waals surface area contributed by atoms with E-state index in [1.807, 2.05) is 0 Å². The zero-order valence-corrected chi connectivity index (χ0v) is 10.4. The molecule has 0 unspecified atom stereocenters. The summed E-state index contributed by atoms with van der Waals surface area (Å²) in [5, 5.41) is 1.15. The van der Waals surface area contributed by atoms with Crippen LogP contribution >= 0.6 is 11.3 Å². The molecule has 0 bridgehead atoms. The van der Waals surface area contributed by atoms with Crippen molar-refractivity contribution in [1.29, 1.82) is 0 Å². The van der Waals surface area contributed by atoms with Gasteiger partial charge in [0.25, 0.3) is 0 Å². The summed E-state index contributed by atoms with van der Waals surface area (Å²) < 4.78 is 47.7. The molecule has 19 heavy (non-hydrogen) atoms. The molecule has 2 aromatic rings. The lowest BCUT2D eigenvalue weighted by Crippen LogP contribution is -2.26. The van der Waals surface area contributed by atoms with Gasteiger partial charge in [-0.15, -0.1) is 11.3 Å². The average molecular weight is 291 g/mol. The number of aryl methyl sites for hydroxylation is 1. The van der Waals surface area contributed by atoms with E-state index in [-0.39, 0.29) is 10.6 Å². The highest BCUT2D eigenvalue weighted by Crippen LogP contribution is 2.37. The van der Waals surface area contributed by atoms with Crippen LogP contribution in [0.2, 0.25) is 0 Å². The van der Waals surface area contributed by atoms with Crippen LogP contribution in [0, 0.1) is 6.92 Å². The Kier molecular flexibility index (Phi) is 3.61. The lowest BCUT2D eigenvalue weighted by atomic mass is 10.3. The van der Waals surface area contributed by atoms with Gasteiger partial charge in [-0.3, -0.25) is 0 Å². The standard InChI is InChI=1S/C11H8F3NO3S/c1-6-5-19-9(15-6)8(11(12,13)14)18-10(16)7-2-3-17-4-7/h2-5,8H,1H3/t8-/m0/s1. The molecule has 102 valence electrons. The third-order valence-corrected chi connectivity index (χ3v) is 3.15. The van der Waals surface area contributed by atoms with Crippen molar-refractivity contribution in [3.63, 3.8) is 0 Å². The third-order valence-electron chi connectivity index (χ3n) is 2.14. The fourth-order valence-corrected chi connectivity index (χ4v) is 2.15. The smallest absolute Gasteiger partial charge is 0.432 e. The maximum Gasteiger partial charge on any atom is 0.432 e. The number of alkyl halides is 3. The Morgan fingerprint density at radius 2 is 2.26 bits per heavy atom. The van der Waals surface area contributed by atoms with E-state index >= 15 is 0 Å². The summed E-state index contributed by atoms with van der Waals surface area (Å²) in [6.07, 6.45) is -4.90. The SMILES string of the molecule is Cc1csc([C@H](OC(=O)c2ccoc2)C(F)(F)F)n1. The normalized spacial score (nSPS) is 13.3. The number of halogens is 3. The van der Waals surface area contributed by atoms with Crippen LogP contribution in [0.1, 0.15) is 27.2 Å². The van der Waals surface area contributed by atoms with Crippen molar-refractivity contribution < 1.29 is 27.1 Å². The van der Waals surface area contributed by atoms with Gasteiger partial charge in [-0.1, -0.05) is 0 Å². The van der Waals surface area contributed by atoms with E-state index in [9.17, 15) is 18.0 Å². The summed E-state index contributed by atoms with van der Waals surface area (Å²) in [6.45, 7) is 1.56. The maximum atomic E-state index is 12.9. The lowest BCUT2D eigenvalue weighted by molar-refractivity contribution is -0.207. The molecule has 0 spiro atoms. The van der Waals surface area contributed by atoms with E-state index in [1.165, 1.54) is 17.7 Å². The number of ether oxygens (including phenoxy) is 1. The molecule has 0 radical (unpaired) electrons. The van der Waals surface area contributed by atoms with Crippen LogP contribution in [-0.4, -0.2) is 17.1 Å². The van der Waals surface area contributed by atoms with Crippen molar-refractivity contribution in [1.82, 2.24) is 4.98 Å². The first-order valence-electron chi connectivity index (χ1n) is 5.10. The molecule has 2 heterocycles. The number of nitrogens with zero attached hydrogens (tertiary/aromatic N) is 1. The van der Waals surface area contributed by atoms with E-state index in [2.05, 4.69) is 14.1 Å². The number of hydrogen-bond acceptors (Lipinski definition) is 5. The monoisotopic (exact) mass is 291 g/mol. The number of thiazole rings is 1. The Morgan fingerprint density at radius 3 is 2.74 bits per heavy atom. The largest absolute Gasteiger partial charge is 0.472 e. The van der Waals surface area contributed by atoms with Gasteiger partial charge >= 0.3 is 12.1 Å². The summed E-state index contributed by atoms with van der Waals surface area (Å²) in [6, 6.07) is 1.23. The molecule has 0 saturated heterocycles. The molecular formula is C11H8F3NO3S. The van der Waals surface area contributed by atoms with Gasteiger partial charge in [0.1, 0.15) is 11.3 Å².